The van der Waals surface area contributed by atoms with Crippen LogP contribution in [0, 0.1) is 0 Å². The summed E-state index contributed by atoms with van der Waals surface area (Å²) in [6.45, 7) is -0.668. The number of amides is 1. The van der Waals surface area contributed by atoms with Crippen LogP contribution in [0.5, 0.6) is 0 Å². The number of nitrogens with two attached hydrogens (primary N) is 1. The zero-order chi connectivity index (χ0) is 21.9. The van der Waals surface area contributed by atoms with Crippen LogP contribution in [-0.2, 0) is 16.0 Å². The first-order chi connectivity index (χ1) is 14.5. The molecule has 2 aromatic rings. The largest absolute Gasteiger partial charge is 0.480 e. The van der Waals surface area contributed by atoms with E-state index in [2.05, 4.69) is 26.6 Å². The fourth-order valence-electron chi connectivity index (χ4n) is 2.79. The van der Waals surface area contributed by atoms with Crippen molar-refractivity contribution in [3.8, 4) is 11.1 Å². The Labute approximate surface area is 174 Å². The molecule has 0 aliphatic heterocycles. The summed E-state index contributed by atoms with van der Waals surface area (Å²) in [7, 11) is 1.56. The van der Waals surface area contributed by atoms with Crippen LogP contribution in [0.25, 0.3) is 11.1 Å². The molecule has 0 saturated heterocycles. The van der Waals surface area contributed by atoms with Gasteiger partial charge in [-0.2, -0.15) is 0 Å². The normalized spacial score (nSPS) is 13.3. The SMILES string of the molecule is CNNC(=NN)NC(=O)[C@H](Cc1ccc(-c2ccccc2)cc1)N[C@@H](CO)C(=O)O. The maximum Gasteiger partial charge on any atom is 0.323 e. The second-order valence-corrected chi connectivity index (χ2v) is 6.40. The number of hydrogen-bond acceptors (Lipinski definition) is 7. The summed E-state index contributed by atoms with van der Waals surface area (Å²) in [5.74, 6) is 3.36. The van der Waals surface area contributed by atoms with Crippen molar-refractivity contribution in [1.82, 2.24) is 21.5 Å². The Morgan fingerprint density at radius 2 is 1.67 bits per heavy atom. The zero-order valence-corrected chi connectivity index (χ0v) is 16.5. The number of nitrogens with one attached hydrogen (secondary N) is 4. The van der Waals surface area contributed by atoms with Crippen LogP contribution in [0.2, 0.25) is 0 Å². The van der Waals surface area contributed by atoms with Crippen molar-refractivity contribution in [2.24, 2.45) is 10.9 Å². The highest BCUT2D eigenvalue weighted by atomic mass is 16.4. The van der Waals surface area contributed by atoms with Gasteiger partial charge in [0, 0.05) is 7.05 Å². The Morgan fingerprint density at radius 3 is 2.20 bits per heavy atom. The van der Waals surface area contributed by atoms with Crippen LogP contribution in [0.4, 0.5) is 0 Å². The molecule has 0 saturated carbocycles. The van der Waals surface area contributed by atoms with Gasteiger partial charge in [-0.25, -0.2) is 5.43 Å². The lowest BCUT2D eigenvalue weighted by atomic mass is 10.00. The Morgan fingerprint density at radius 1 is 1.03 bits per heavy atom. The topological polar surface area (TPSA) is 161 Å². The van der Waals surface area contributed by atoms with Gasteiger partial charge in [0.25, 0.3) is 0 Å². The molecule has 0 unspecified atom stereocenters. The standard InChI is InChI=1S/C20H26N6O4/c1-22-26-20(25-21)24-18(28)16(23-17(12-27)19(29)30)11-13-7-9-15(10-8-13)14-5-3-2-4-6-14/h2-10,16-17,22-23,27H,11-12,21H2,1H3,(H,29,30)(H2,24,25,26,28)/t16-,17-/m0/s1. The third-order valence-electron chi connectivity index (χ3n) is 4.31. The quantitative estimate of drug-likeness (QED) is 0.123. The van der Waals surface area contributed by atoms with Crippen molar-refractivity contribution in [1.29, 1.82) is 0 Å². The number of carbonyl (C=O) groups excluding carboxylic acids is 1. The molecule has 2 rings (SSSR count). The summed E-state index contributed by atoms with van der Waals surface area (Å²) in [4.78, 5) is 24.0. The fourth-order valence-corrected chi connectivity index (χ4v) is 2.79. The molecule has 10 nitrogen and oxygen atoms in total. The number of hydrogen-bond donors (Lipinski definition) is 7. The average molecular weight is 414 g/mol. The van der Waals surface area contributed by atoms with E-state index in [1.807, 2.05) is 54.6 Å². The summed E-state index contributed by atoms with van der Waals surface area (Å²) < 4.78 is 0. The number of aliphatic carboxylic acids is 1. The fraction of sp³-hybridized carbons (Fsp3) is 0.250. The molecule has 0 aliphatic rings. The minimum Gasteiger partial charge on any atom is -0.480 e. The van der Waals surface area contributed by atoms with E-state index in [4.69, 9.17) is 5.84 Å². The lowest BCUT2D eigenvalue weighted by Crippen LogP contribution is -2.56. The third kappa shape index (κ3) is 6.55. The summed E-state index contributed by atoms with van der Waals surface area (Å²) >= 11 is 0. The van der Waals surface area contributed by atoms with Gasteiger partial charge in [0.15, 0.2) is 0 Å². The van der Waals surface area contributed by atoms with Crippen LogP contribution in [-0.4, -0.2) is 53.8 Å². The lowest BCUT2D eigenvalue weighted by Gasteiger charge is -2.22. The molecule has 30 heavy (non-hydrogen) atoms. The molecule has 0 aliphatic carbocycles. The molecule has 2 aromatic carbocycles. The number of hydrazine groups is 1. The third-order valence-corrected chi connectivity index (χ3v) is 4.31. The molecule has 2 atom stereocenters. The maximum absolute atomic E-state index is 12.7. The van der Waals surface area contributed by atoms with E-state index in [0.717, 1.165) is 16.7 Å². The molecule has 160 valence electrons. The molecule has 10 heteroatoms. The highest BCUT2D eigenvalue weighted by Crippen LogP contribution is 2.19. The van der Waals surface area contributed by atoms with Gasteiger partial charge >= 0.3 is 5.97 Å². The lowest BCUT2D eigenvalue weighted by molar-refractivity contribution is -0.141. The van der Waals surface area contributed by atoms with Gasteiger partial charge in [-0.05, 0) is 23.1 Å². The molecule has 0 spiro atoms. The number of carboxylic acids is 1. The van der Waals surface area contributed by atoms with Crippen LogP contribution in [0.15, 0.2) is 59.7 Å². The van der Waals surface area contributed by atoms with Crippen LogP contribution in [0.1, 0.15) is 5.56 Å². The van der Waals surface area contributed by atoms with Gasteiger partial charge < -0.3 is 16.1 Å². The van der Waals surface area contributed by atoms with Crippen molar-refractivity contribution in [2.45, 2.75) is 18.5 Å². The zero-order valence-electron chi connectivity index (χ0n) is 16.5. The highest BCUT2D eigenvalue weighted by molar-refractivity contribution is 5.99. The number of hydrazone groups is 1. The van der Waals surface area contributed by atoms with E-state index in [-0.39, 0.29) is 12.4 Å². The number of carbonyl (C=O) groups is 2. The first-order valence-corrected chi connectivity index (χ1v) is 9.24. The average Bonchev–Trinajstić information content (AvgIpc) is 2.76. The molecule has 8 N–H and O–H groups in total. The summed E-state index contributed by atoms with van der Waals surface area (Å²) in [5, 5.41) is 27.1. The van der Waals surface area contributed by atoms with Crippen molar-refractivity contribution >= 4 is 17.8 Å². The van der Waals surface area contributed by atoms with Crippen LogP contribution in [0.3, 0.4) is 0 Å². The summed E-state index contributed by atoms with van der Waals surface area (Å²) in [5.41, 5.74) is 8.00. The number of aliphatic hydroxyl groups excluding tert-OH is 1. The van der Waals surface area contributed by atoms with Gasteiger partial charge in [-0.3, -0.25) is 25.6 Å². The minimum atomic E-state index is -1.31. The Hall–Kier alpha value is -3.47. The summed E-state index contributed by atoms with van der Waals surface area (Å²) in [6, 6.07) is 15.1. The minimum absolute atomic E-state index is 0.0374. The van der Waals surface area contributed by atoms with Gasteiger partial charge in [-0.1, -0.05) is 54.6 Å². The summed E-state index contributed by atoms with van der Waals surface area (Å²) in [6.07, 6.45) is 0.183. The Kier molecular flexibility index (Phi) is 8.75. The number of benzene rings is 2. The van der Waals surface area contributed by atoms with E-state index < -0.39 is 30.6 Å². The number of guanidine groups is 1. The predicted octanol–water partition coefficient (Wildman–Crippen LogP) is -0.630. The van der Waals surface area contributed by atoms with E-state index in [1.54, 1.807) is 7.05 Å². The number of rotatable bonds is 9. The number of aliphatic hydroxyl groups is 1. The van der Waals surface area contributed by atoms with Gasteiger partial charge in [0.1, 0.15) is 6.04 Å². The first kappa shape index (κ1) is 22.8. The van der Waals surface area contributed by atoms with Crippen LogP contribution < -0.4 is 27.3 Å². The van der Waals surface area contributed by atoms with E-state index in [1.165, 1.54) is 0 Å². The molecule has 0 radical (unpaired) electrons. The number of nitrogens with zero attached hydrogens (tertiary/aromatic N) is 1. The van der Waals surface area contributed by atoms with E-state index in [0.29, 0.717) is 0 Å². The Balaban J connectivity index is 2.19. The molecule has 0 heterocycles. The molecule has 1 amide bonds. The molecular formula is C20H26N6O4. The first-order valence-electron chi connectivity index (χ1n) is 9.24. The van der Waals surface area contributed by atoms with Crippen LogP contribution >= 0.6 is 0 Å². The number of carboxylic acid groups (broad SMARTS) is 1. The van der Waals surface area contributed by atoms with Crippen molar-refractivity contribution in [3.05, 3.63) is 60.2 Å². The molecular weight excluding hydrogens is 388 g/mol. The van der Waals surface area contributed by atoms with Gasteiger partial charge in [0.2, 0.25) is 11.9 Å². The van der Waals surface area contributed by atoms with Crippen molar-refractivity contribution in [2.75, 3.05) is 13.7 Å². The monoisotopic (exact) mass is 414 g/mol. The predicted molar refractivity (Wildman–Crippen MR) is 113 cm³/mol. The van der Waals surface area contributed by atoms with Gasteiger partial charge in [0.05, 0.1) is 12.6 Å². The smallest absolute Gasteiger partial charge is 0.323 e. The maximum atomic E-state index is 12.7. The van der Waals surface area contributed by atoms with Crippen molar-refractivity contribution in [3.63, 3.8) is 0 Å². The second-order valence-electron chi connectivity index (χ2n) is 6.40. The van der Waals surface area contributed by atoms with Gasteiger partial charge in [-0.15, -0.1) is 5.10 Å². The van der Waals surface area contributed by atoms with E-state index >= 15 is 0 Å². The molecule has 0 fully saturated rings. The molecule has 0 aromatic heterocycles. The highest BCUT2D eigenvalue weighted by Gasteiger charge is 2.26. The molecule has 0 bridgehead atoms. The van der Waals surface area contributed by atoms with E-state index in [9.17, 15) is 19.8 Å². The van der Waals surface area contributed by atoms with Crippen molar-refractivity contribution < 1.29 is 19.8 Å². The second kappa shape index (κ2) is 11.5. The Bertz CT molecular complexity index is 857.